The van der Waals surface area contributed by atoms with Crippen molar-refractivity contribution in [2.75, 3.05) is 0 Å². The fraction of sp³-hybridized carbons (Fsp3) is 0.176. The number of nitrogens with one attached hydrogen (secondary N) is 2. The first-order valence-electron chi connectivity index (χ1n) is 6.91. The van der Waals surface area contributed by atoms with Crippen LogP contribution in [0.2, 0.25) is 5.02 Å². The van der Waals surface area contributed by atoms with E-state index in [1.807, 2.05) is 37.3 Å². The van der Waals surface area contributed by atoms with Gasteiger partial charge in [0.05, 0.1) is 0 Å². The summed E-state index contributed by atoms with van der Waals surface area (Å²) >= 11 is 5.86. The van der Waals surface area contributed by atoms with Gasteiger partial charge in [-0.3, -0.25) is 9.59 Å². The Balaban J connectivity index is 1.82. The molecule has 2 amide bonds. The molecule has 2 N–H and O–H groups in total. The Morgan fingerprint density at radius 3 is 2.32 bits per heavy atom. The van der Waals surface area contributed by atoms with Crippen molar-refractivity contribution in [2.45, 2.75) is 20.0 Å². The van der Waals surface area contributed by atoms with Crippen molar-refractivity contribution in [1.29, 1.82) is 0 Å². The van der Waals surface area contributed by atoms with Gasteiger partial charge in [0.15, 0.2) is 0 Å². The van der Waals surface area contributed by atoms with Gasteiger partial charge in [0.2, 0.25) is 0 Å². The molecule has 0 unspecified atom stereocenters. The predicted octanol–water partition coefficient (Wildman–Crippen LogP) is 2.58. The Labute approximate surface area is 134 Å². The fourth-order valence-corrected chi connectivity index (χ4v) is 2.19. The van der Waals surface area contributed by atoms with Crippen LogP contribution in [0.4, 0.5) is 0 Å². The van der Waals surface area contributed by atoms with Gasteiger partial charge in [-0.05, 0) is 35.7 Å². The van der Waals surface area contributed by atoms with Crippen molar-refractivity contribution >= 4 is 23.4 Å². The molecule has 0 aliphatic rings. The van der Waals surface area contributed by atoms with E-state index in [-0.39, 0.29) is 6.54 Å². The van der Waals surface area contributed by atoms with E-state index in [9.17, 15) is 9.59 Å². The number of hydrogen-bond acceptors (Lipinski definition) is 2. The van der Waals surface area contributed by atoms with Crippen LogP contribution in [0.1, 0.15) is 16.7 Å². The largest absolute Gasteiger partial charge is 0.344 e. The van der Waals surface area contributed by atoms with Crippen LogP contribution >= 0.6 is 11.6 Å². The Morgan fingerprint density at radius 2 is 1.64 bits per heavy atom. The highest BCUT2D eigenvalue weighted by atomic mass is 35.5. The van der Waals surface area contributed by atoms with E-state index in [2.05, 4.69) is 10.6 Å². The van der Waals surface area contributed by atoms with Crippen LogP contribution in [0.5, 0.6) is 0 Å². The van der Waals surface area contributed by atoms with Crippen molar-refractivity contribution in [1.82, 2.24) is 10.6 Å². The van der Waals surface area contributed by atoms with Gasteiger partial charge in [-0.15, -0.1) is 0 Å². The van der Waals surface area contributed by atoms with Gasteiger partial charge in [0.25, 0.3) is 0 Å². The molecule has 0 aliphatic heterocycles. The highest BCUT2D eigenvalue weighted by Crippen LogP contribution is 2.10. The van der Waals surface area contributed by atoms with Gasteiger partial charge in [-0.2, -0.15) is 0 Å². The van der Waals surface area contributed by atoms with Crippen molar-refractivity contribution in [3.05, 3.63) is 70.2 Å². The molecule has 0 aromatic heterocycles. The lowest BCUT2D eigenvalue weighted by Gasteiger charge is -2.08. The number of amides is 2. The minimum atomic E-state index is -0.659. The summed E-state index contributed by atoms with van der Waals surface area (Å²) in [7, 11) is 0. The molecular weight excluding hydrogens is 300 g/mol. The topological polar surface area (TPSA) is 58.2 Å². The number of carbonyl (C=O) groups is 2. The van der Waals surface area contributed by atoms with Crippen LogP contribution in [0.3, 0.4) is 0 Å². The molecule has 22 heavy (non-hydrogen) atoms. The Morgan fingerprint density at radius 1 is 0.955 bits per heavy atom. The van der Waals surface area contributed by atoms with Crippen LogP contribution in [0.25, 0.3) is 0 Å². The zero-order valence-corrected chi connectivity index (χ0v) is 13.0. The molecule has 2 rings (SSSR count). The molecule has 0 heterocycles. The Bertz CT molecular complexity index is 686. The van der Waals surface area contributed by atoms with Crippen LogP contribution in [0.15, 0.2) is 48.5 Å². The van der Waals surface area contributed by atoms with Crippen molar-refractivity contribution in [3.8, 4) is 0 Å². The monoisotopic (exact) mass is 316 g/mol. The smallest absolute Gasteiger partial charge is 0.309 e. The number of rotatable bonds is 4. The predicted molar refractivity (Wildman–Crippen MR) is 86.3 cm³/mol. The molecule has 0 spiro atoms. The van der Waals surface area contributed by atoms with Crippen LogP contribution in [-0.4, -0.2) is 11.8 Å². The summed E-state index contributed by atoms with van der Waals surface area (Å²) < 4.78 is 0. The van der Waals surface area contributed by atoms with Gasteiger partial charge in [0, 0.05) is 18.1 Å². The van der Waals surface area contributed by atoms with Crippen LogP contribution in [0, 0.1) is 6.92 Å². The first-order valence-corrected chi connectivity index (χ1v) is 7.29. The van der Waals surface area contributed by atoms with E-state index in [1.54, 1.807) is 18.2 Å². The molecule has 4 nitrogen and oxygen atoms in total. The second-order valence-electron chi connectivity index (χ2n) is 4.92. The number of halogens is 1. The lowest BCUT2D eigenvalue weighted by molar-refractivity contribution is -0.139. The molecule has 2 aromatic rings. The first-order chi connectivity index (χ1) is 10.6. The lowest BCUT2D eigenvalue weighted by atomic mass is 10.1. The number of benzene rings is 2. The van der Waals surface area contributed by atoms with E-state index in [0.29, 0.717) is 11.6 Å². The Hall–Kier alpha value is -2.33. The van der Waals surface area contributed by atoms with Crippen LogP contribution < -0.4 is 10.6 Å². The molecule has 0 saturated heterocycles. The van der Waals surface area contributed by atoms with Gasteiger partial charge >= 0.3 is 11.8 Å². The summed E-state index contributed by atoms with van der Waals surface area (Å²) in [6.07, 6.45) is 0. The molecule has 0 fully saturated rings. The van der Waals surface area contributed by atoms with Crippen molar-refractivity contribution < 1.29 is 9.59 Å². The summed E-state index contributed by atoms with van der Waals surface area (Å²) in [5.74, 6) is -1.31. The standard InChI is InChI=1S/C17H17ClN2O2/c1-12-5-2-3-7-14(12)11-20-17(22)16(21)19-10-13-6-4-8-15(18)9-13/h2-9H,10-11H2,1H3,(H,19,21)(H,20,22). The fourth-order valence-electron chi connectivity index (χ4n) is 1.97. The molecule has 5 heteroatoms. The molecule has 0 radical (unpaired) electrons. The Kier molecular flexibility index (Phi) is 5.55. The molecular formula is C17H17ClN2O2. The highest BCUT2D eigenvalue weighted by Gasteiger charge is 2.12. The molecule has 114 valence electrons. The summed E-state index contributed by atoms with van der Waals surface area (Å²) in [5.41, 5.74) is 2.90. The van der Waals surface area contributed by atoms with Gasteiger partial charge in [0.1, 0.15) is 0 Å². The van der Waals surface area contributed by atoms with Gasteiger partial charge in [-0.25, -0.2) is 0 Å². The SMILES string of the molecule is Cc1ccccc1CNC(=O)C(=O)NCc1cccc(Cl)c1. The van der Waals surface area contributed by atoms with E-state index >= 15 is 0 Å². The van der Waals surface area contributed by atoms with Gasteiger partial charge in [-0.1, -0.05) is 48.0 Å². The maximum Gasteiger partial charge on any atom is 0.309 e. The normalized spacial score (nSPS) is 10.1. The quantitative estimate of drug-likeness (QED) is 0.852. The van der Waals surface area contributed by atoms with Gasteiger partial charge < -0.3 is 10.6 Å². The summed E-state index contributed by atoms with van der Waals surface area (Å²) in [6.45, 7) is 2.55. The minimum absolute atomic E-state index is 0.261. The number of carbonyl (C=O) groups excluding carboxylic acids is 2. The van der Waals surface area contributed by atoms with E-state index in [1.165, 1.54) is 0 Å². The molecule has 0 atom stereocenters. The lowest BCUT2D eigenvalue weighted by Crippen LogP contribution is -2.39. The molecule has 0 bridgehead atoms. The first kappa shape index (κ1) is 16.0. The maximum absolute atomic E-state index is 11.8. The average Bonchev–Trinajstić information content (AvgIpc) is 2.51. The van der Waals surface area contributed by atoms with E-state index in [4.69, 9.17) is 11.6 Å². The third-order valence-corrected chi connectivity index (χ3v) is 3.48. The van der Waals surface area contributed by atoms with E-state index in [0.717, 1.165) is 16.7 Å². The van der Waals surface area contributed by atoms with Crippen molar-refractivity contribution in [3.63, 3.8) is 0 Å². The summed E-state index contributed by atoms with van der Waals surface area (Å²) in [4.78, 5) is 23.5. The second kappa shape index (κ2) is 7.61. The summed E-state index contributed by atoms with van der Waals surface area (Å²) in [5, 5.41) is 5.77. The zero-order chi connectivity index (χ0) is 15.9. The third kappa shape index (κ3) is 4.60. The van der Waals surface area contributed by atoms with E-state index < -0.39 is 11.8 Å². The molecule has 0 aliphatic carbocycles. The molecule has 2 aromatic carbocycles. The minimum Gasteiger partial charge on any atom is -0.344 e. The van der Waals surface area contributed by atoms with Crippen molar-refractivity contribution in [2.24, 2.45) is 0 Å². The zero-order valence-electron chi connectivity index (χ0n) is 12.2. The number of hydrogen-bond donors (Lipinski definition) is 2. The second-order valence-corrected chi connectivity index (χ2v) is 5.36. The number of aryl methyl sites for hydroxylation is 1. The molecule has 0 saturated carbocycles. The average molecular weight is 317 g/mol. The summed E-state index contributed by atoms with van der Waals surface area (Å²) in [6, 6.07) is 14.8. The third-order valence-electron chi connectivity index (χ3n) is 3.25. The highest BCUT2D eigenvalue weighted by molar-refractivity contribution is 6.35. The van der Waals surface area contributed by atoms with Crippen LogP contribution in [-0.2, 0) is 22.7 Å². The maximum atomic E-state index is 11.8.